The molecule has 1 heterocycles. The lowest BCUT2D eigenvalue weighted by Gasteiger charge is -2.13. The van der Waals surface area contributed by atoms with Crippen LogP contribution in [0.1, 0.15) is 31.9 Å². The molecule has 102 valence electrons. The standard InChI is InChI=1S/C15H19NO3/c1-10(2)8-12(9-17)16-15(18)14-13(19-14)11-6-4-3-5-7-11/h3-7,9-10,12-14H,8H2,1-2H3,(H,16,18)/t12-,13?,14?/m0/s1. The lowest BCUT2D eigenvalue weighted by Crippen LogP contribution is -2.39. The number of ether oxygens (including phenoxy) is 1. The van der Waals surface area contributed by atoms with Crippen LogP contribution in [-0.4, -0.2) is 24.3 Å². The van der Waals surface area contributed by atoms with Crippen LogP contribution in [-0.2, 0) is 14.3 Å². The molecule has 4 nitrogen and oxygen atoms in total. The monoisotopic (exact) mass is 261 g/mol. The van der Waals surface area contributed by atoms with E-state index in [9.17, 15) is 9.59 Å². The Kier molecular flexibility index (Phi) is 4.32. The fourth-order valence-electron chi connectivity index (χ4n) is 2.13. The van der Waals surface area contributed by atoms with Crippen LogP contribution in [0.5, 0.6) is 0 Å². The zero-order valence-electron chi connectivity index (χ0n) is 11.2. The van der Waals surface area contributed by atoms with Gasteiger partial charge in [-0.15, -0.1) is 0 Å². The molecule has 1 aromatic rings. The molecule has 2 unspecified atom stereocenters. The van der Waals surface area contributed by atoms with Crippen molar-refractivity contribution in [3.63, 3.8) is 0 Å². The molecule has 19 heavy (non-hydrogen) atoms. The average Bonchev–Trinajstić information content (AvgIpc) is 3.18. The Bertz CT molecular complexity index is 444. The van der Waals surface area contributed by atoms with Crippen molar-refractivity contribution in [2.24, 2.45) is 5.92 Å². The lowest BCUT2D eigenvalue weighted by atomic mass is 10.0. The molecule has 0 bridgehead atoms. The Morgan fingerprint density at radius 2 is 2.05 bits per heavy atom. The summed E-state index contributed by atoms with van der Waals surface area (Å²) < 4.78 is 5.39. The third-order valence-corrected chi connectivity index (χ3v) is 3.10. The highest BCUT2D eigenvalue weighted by Gasteiger charge is 2.46. The maximum atomic E-state index is 11.9. The summed E-state index contributed by atoms with van der Waals surface area (Å²) in [7, 11) is 0. The van der Waals surface area contributed by atoms with Gasteiger partial charge in [0.2, 0.25) is 0 Å². The first-order valence-electron chi connectivity index (χ1n) is 6.58. The Labute approximate surface area is 113 Å². The minimum Gasteiger partial charge on any atom is -0.354 e. The van der Waals surface area contributed by atoms with Crippen LogP contribution in [0.3, 0.4) is 0 Å². The zero-order valence-corrected chi connectivity index (χ0v) is 11.2. The van der Waals surface area contributed by atoms with Crippen molar-refractivity contribution in [2.75, 3.05) is 0 Å². The summed E-state index contributed by atoms with van der Waals surface area (Å²) in [5.74, 6) is 0.159. The fourth-order valence-corrected chi connectivity index (χ4v) is 2.13. The van der Waals surface area contributed by atoms with E-state index in [-0.39, 0.29) is 12.0 Å². The third kappa shape index (κ3) is 3.64. The van der Waals surface area contributed by atoms with Gasteiger partial charge in [-0.05, 0) is 17.9 Å². The molecule has 1 fully saturated rings. The third-order valence-electron chi connectivity index (χ3n) is 3.10. The molecule has 1 N–H and O–H groups in total. The maximum absolute atomic E-state index is 11.9. The molecule has 0 aliphatic carbocycles. The Balaban J connectivity index is 1.87. The normalized spacial score (nSPS) is 22.9. The first kappa shape index (κ1) is 13.7. The molecule has 1 amide bonds. The van der Waals surface area contributed by atoms with E-state index in [1.54, 1.807) is 0 Å². The van der Waals surface area contributed by atoms with E-state index in [0.717, 1.165) is 11.8 Å². The van der Waals surface area contributed by atoms with Crippen molar-refractivity contribution in [1.82, 2.24) is 5.32 Å². The van der Waals surface area contributed by atoms with Crippen molar-refractivity contribution >= 4 is 12.2 Å². The molecular formula is C15H19NO3. The number of hydrogen-bond acceptors (Lipinski definition) is 3. The maximum Gasteiger partial charge on any atom is 0.252 e. The second-order valence-electron chi connectivity index (χ2n) is 5.27. The molecule has 0 aromatic heterocycles. The number of nitrogens with one attached hydrogen (secondary N) is 1. The van der Waals surface area contributed by atoms with Crippen LogP contribution in [0.15, 0.2) is 30.3 Å². The van der Waals surface area contributed by atoms with Gasteiger partial charge >= 0.3 is 0 Å². The molecule has 1 aliphatic rings. The van der Waals surface area contributed by atoms with Crippen molar-refractivity contribution in [3.05, 3.63) is 35.9 Å². The van der Waals surface area contributed by atoms with Crippen molar-refractivity contribution in [1.29, 1.82) is 0 Å². The van der Waals surface area contributed by atoms with Gasteiger partial charge in [-0.2, -0.15) is 0 Å². The van der Waals surface area contributed by atoms with Crippen LogP contribution in [0, 0.1) is 5.92 Å². The number of carbonyl (C=O) groups excluding carboxylic acids is 2. The van der Waals surface area contributed by atoms with Crippen LogP contribution >= 0.6 is 0 Å². The second kappa shape index (κ2) is 5.97. The smallest absolute Gasteiger partial charge is 0.252 e. The van der Waals surface area contributed by atoms with Gasteiger partial charge in [0.15, 0.2) is 6.10 Å². The number of benzene rings is 1. The van der Waals surface area contributed by atoms with E-state index >= 15 is 0 Å². The zero-order chi connectivity index (χ0) is 13.8. The number of carbonyl (C=O) groups is 2. The molecule has 1 saturated heterocycles. The molecule has 2 rings (SSSR count). The predicted octanol–water partition coefficient (Wildman–Crippen LogP) is 1.86. The van der Waals surface area contributed by atoms with Gasteiger partial charge in [0.05, 0.1) is 6.04 Å². The number of rotatable bonds is 6. The van der Waals surface area contributed by atoms with Crippen molar-refractivity contribution < 1.29 is 14.3 Å². The lowest BCUT2D eigenvalue weighted by molar-refractivity contribution is -0.125. The molecule has 0 saturated carbocycles. The number of hydrogen-bond donors (Lipinski definition) is 1. The Morgan fingerprint density at radius 1 is 1.37 bits per heavy atom. The summed E-state index contributed by atoms with van der Waals surface area (Å²) in [5.41, 5.74) is 0.995. The van der Waals surface area contributed by atoms with Gasteiger partial charge in [0.1, 0.15) is 12.4 Å². The summed E-state index contributed by atoms with van der Waals surface area (Å²) in [6.45, 7) is 4.03. The van der Waals surface area contributed by atoms with Gasteiger partial charge in [0, 0.05) is 0 Å². The average molecular weight is 261 g/mol. The van der Waals surface area contributed by atoms with Crippen LogP contribution in [0.25, 0.3) is 0 Å². The van der Waals surface area contributed by atoms with E-state index in [1.807, 2.05) is 44.2 Å². The van der Waals surface area contributed by atoms with Gasteiger partial charge in [-0.3, -0.25) is 4.79 Å². The molecule has 4 heteroatoms. The highest BCUT2D eigenvalue weighted by atomic mass is 16.6. The molecule has 0 spiro atoms. The van der Waals surface area contributed by atoms with Gasteiger partial charge < -0.3 is 14.8 Å². The topological polar surface area (TPSA) is 58.7 Å². The highest BCUT2D eigenvalue weighted by Crippen LogP contribution is 2.38. The largest absolute Gasteiger partial charge is 0.354 e. The molecule has 3 atom stereocenters. The predicted molar refractivity (Wildman–Crippen MR) is 71.5 cm³/mol. The van der Waals surface area contributed by atoms with Gasteiger partial charge in [-0.1, -0.05) is 44.2 Å². The van der Waals surface area contributed by atoms with E-state index in [1.165, 1.54) is 0 Å². The summed E-state index contributed by atoms with van der Waals surface area (Å²) in [4.78, 5) is 22.9. The van der Waals surface area contributed by atoms with Crippen LogP contribution < -0.4 is 5.32 Å². The quantitative estimate of drug-likeness (QED) is 0.628. The van der Waals surface area contributed by atoms with Gasteiger partial charge in [-0.25, -0.2) is 0 Å². The molecular weight excluding hydrogens is 242 g/mol. The van der Waals surface area contributed by atoms with E-state index in [0.29, 0.717) is 12.3 Å². The highest BCUT2D eigenvalue weighted by molar-refractivity contribution is 5.86. The first-order valence-corrected chi connectivity index (χ1v) is 6.58. The molecule has 0 radical (unpaired) electrons. The SMILES string of the molecule is CC(C)C[C@@H](C=O)NC(=O)C1OC1c1ccccc1. The fraction of sp³-hybridized carbons (Fsp3) is 0.467. The summed E-state index contributed by atoms with van der Waals surface area (Å²) in [5, 5.41) is 2.73. The van der Waals surface area contributed by atoms with Crippen molar-refractivity contribution in [3.8, 4) is 0 Å². The van der Waals surface area contributed by atoms with E-state index in [2.05, 4.69) is 5.32 Å². The minimum absolute atomic E-state index is 0.174. The van der Waals surface area contributed by atoms with Crippen molar-refractivity contribution in [2.45, 2.75) is 38.5 Å². The van der Waals surface area contributed by atoms with Crippen LogP contribution in [0.2, 0.25) is 0 Å². The number of amides is 1. The summed E-state index contributed by atoms with van der Waals surface area (Å²) in [6.07, 6.45) is 0.806. The summed E-state index contributed by atoms with van der Waals surface area (Å²) in [6, 6.07) is 9.20. The van der Waals surface area contributed by atoms with Crippen LogP contribution in [0.4, 0.5) is 0 Å². The Hall–Kier alpha value is -1.68. The van der Waals surface area contributed by atoms with Gasteiger partial charge in [0.25, 0.3) is 5.91 Å². The first-order chi connectivity index (χ1) is 9.11. The second-order valence-corrected chi connectivity index (χ2v) is 5.27. The summed E-state index contributed by atoms with van der Waals surface area (Å²) >= 11 is 0. The number of aldehydes is 1. The molecule has 1 aliphatic heterocycles. The number of epoxide rings is 1. The molecule has 1 aromatic carbocycles. The van der Waals surface area contributed by atoms with E-state index in [4.69, 9.17) is 4.74 Å². The minimum atomic E-state index is -0.461. The Morgan fingerprint density at radius 3 is 2.63 bits per heavy atom. The van der Waals surface area contributed by atoms with E-state index < -0.39 is 12.1 Å².